The van der Waals surface area contributed by atoms with E-state index in [9.17, 15) is 4.79 Å². The predicted molar refractivity (Wildman–Crippen MR) is 82.6 cm³/mol. The van der Waals surface area contributed by atoms with Crippen molar-refractivity contribution in [2.45, 2.75) is 13.3 Å². The van der Waals surface area contributed by atoms with Crippen LogP contribution in [0.15, 0.2) is 40.5 Å². The summed E-state index contributed by atoms with van der Waals surface area (Å²) in [5.41, 5.74) is 1.81. The number of rotatable bonds is 5. The van der Waals surface area contributed by atoms with Gasteiger partial charge in [-0.2, -0.15) is 4.98 Å². The molecule has 0 bridgehead atoms. The molecule has 6 nitrogen and oxygen atoms in total. The van der Waals surface area contributed by atoms with Gasteiger partial charge in [0.15, 0.2) is 5.82 Å². The van der Waals surface area contributed by atoms with Crippen LogP contribution in [0.4, 0.5) is 0 Å². The largest absolute Gasteiger partial charge is 0.351 e. The number of thiophene rings is 1. The molecular formula is C15H14N4O2S. The van der Waals surface area contributed by atoms with E-state index in [-0.39, 0.29) is 5.91 Å². The molecule has 0 fully saturated rings. The molecule has 0 unspecified atom stereocenters. The second kappa shape index (κ2) is 6.48. The van der Waals surface area contributed by atoms with Crippen LogP contribution in [0.25, 0.3) is 11.5 Å². The summed E-state index contributed by atoms with van der Waals surface area (Å²) < 4.78 is 5.20. The Hall–Kier alpha value is -2.54. The van der Waals surface area contributed by atoms with Crippen molar-refractivity contribution in [2.75, 3.05) is 6.54 Å². The van der Waals surface area contributed by atoms with Crippen LogP contribution in [0, 0.1) is 6.92 Å². The summed E-state index contributed by atoms with van der Waals surface area (Å²) in [5, 5.41) is 8.68. The molecule has 1 N–H and O–H groups in total. The summed E-state index contributed by atoms with van der Waals surface area (Å²) in [6.07, 6.45) is 3.86. The number of nitrogens with zero attached hydrogens (tertiary/aromatic N) is 3. The normalized spacial score (nSPS) is 10.6. The standard InChI is InChI=1S/C15H14N4O2S/c1-10-5-9-22-13(10)14(20)17-8-4-12-18-15(21-19-12)11-2-6-16-7-3-11/h2-3,5-7,9H,4,8H2,1H3,(H,17,20). The highest BCUT2D eigenvalue weighted by Crippen LogP contribution is 2.16. The molecule has 3 aromatic heterocycles. The molecule has 7 heteroatoms. The summed E-state index contributed by atoms with van der Waals surface area (Å²) in [6, 6.07) is 5.54. The third kappa shape index (κ3) is 3.20. The molecule has 0 aliphatic heterocycles. The zero-order valence-electron chi connectivity index (χ0n) is 11.9. The fourth-order valence-corrected chi connectivity index (χ4v) is 2.78. The minimum atomic E-state index is -0.0645. The Morgan fingerprint density at radius 3 is 2.86 bits per heavy atom. The Labute approximate surface area is 131 Å². The maximum absolute atomic E-state index is 12.0. The van der Waals surface area contributed by atoms with E-state index in [2.05, 4.69) is 20.4 Å². The molecule has 22 heavy (non-hydrogen) atoms. The second-order valence-electron chi connectivity index (χ2n) is 4.69. The molecule has 0 saturated carbocycles. The lowest BCUT2D eigenvalue weighted by atomic mass is 10.2. The topological polar surface area (TPSA) is 80.9 Å². The van der Waals surface area contributed by atoms with Gasteiger partial charge < -0.3 is 9.84 Å². The highest BCUT2D eigenvalue weighted by Gasteiger charge is 2.11. The third-order valence-electron chi connectivity index (χ3n) is 3.10. The van der Waals surface area contributed by atoms with Gasteiger partial charge in [0.1, 0.15) is 0 Å². The zero-order chi connectivity index (χ0) is 15.4. The molecular weight excluding hydrogens is 300 g/mol. The molecule has 3 heterocycles. The van der Waals surface area contributed by atoms with Gasteiger partial charge in [0.05, 0.1) is 4.88 Å². The van der Waals surface area contributed by atoms with E-state index in [0.29, 0.717) is 24.7 Å². The highest BCUT2D eigenvalue weighted by molar-refractivity contribution is 7.12. The van der Waals surface area contributed by atoms with Crippen LogP contribution in [-0.2, 0) is 6.42 Å². The lowest BCUT2D eigenvalue weighted by Crippen LogP contribution is -2.25. The summed E-state index contributed by atoms with van der Waals surface area (Å²) in [7, 11) is 0. The number of hydrogen-bond acceptors (Lipinski definition) is 6. The van der Waals surface area contributed by atoms with Crippen molar-refractivity contribution in [3.63, 3.8) is 0 Å². The van der Waals surface area contributed by atoms with Gasteiger partial charge in [-0.3, -0.25) is 9.78 Å². The van der Waals surface area contributed by atoms with Gasteiger partial charge in [-0.15, -0.1) is 11.3 Å². The first kappa shape index (κ1) is 14.4. The first-order valence-electron chi connectivity index (χ1n) is 6.79. The fraction of sp³-hybridized carbons (Fsp3) is 0.200. The van der Waals surface area contributed by atoms with Gasteiger partial charge in [-0.1, -0.05) is 5.16 Å². The van der Waals surface area contributed by atoms with Crippen molar-refractivity contribution in [3.8, 4) is 11.5 Å². The van der Waals surface area contributed by atoms with Crippen molar-refractivity contribution >= 4 is 17.2 Å². The minimum Gasteiger partial charge on any atom is -0.351 e. The summed E-state index contributed by atoms with van der Waals surface area (Å²) in [6.45, 7) is 2.39. The molecule has 3 rings (SSSR count). The number of carbonyl (C=O) groups is 1. The SMILES string of the molecule is Cc1ccsc1C(=O)NCCc1noc(-c2ccncc2)n1. The second-order valence-corrected chi connectivity index (χ2v) is 5.61. The van der Waals surface area contributed by atoms with E-state index in [1.807, 2.05) is 18.4 Å². The van der Waals surface area contributed by atoms with Gasteiger partial charge in [-0.05, 0) is 36.1 Å². The third-order valence-corrected chi connectivity index (χ3v) is 4.11. The van der Waals surface area contributed by atoms with E-state index in [1.165, 1.54) is 11.3 Å². The molecule has 0 saturated heterocycles. The Kier molecular flexibility index (Phi) is 4.24. The van der Waals surface area contributed by atoms with Crippen molar-refractivity contribution in [2.24, 2.45) is 0 Å². The van der Waals surface area contributed by atoms with Gasteiger partial charge in [-0.25, -0.2) is 0 Å². The lowest BCUT2D eigenvalue weighted by Gasteiger charge is -2.02. The molecule has 0 spiro atoms. The van der Waals surface area contributed by atoms with Crippen molar-refractivity contribution < 1.29 is 9.32 Å². The Bertz CT molecular complexity index is 767. The number of amides is 1. The van der Waals surface area contributed by atoms with Gasteiger partial charge in [0.2, 0.25) is 0 Å². The molecule has 0 aromatic carbocycles. The van der Waals surface area contributed by atoms with Crippen LogP contribution in [0.5, 0.6) is 0 Å². The number of aryl methyl sites for hydroxylation is 1. The van der Waals surface area contributed by atoms with E-state index in [4.69, 9.17) is 4.52 Å². The first-order chi connectivity index (χ1) is 10.7. The van der Waals surface area contributed by atoms with Crippen LogP contribution in [0.1, 0.15) is 21.1 Å². The van der Waals surface area contributed by atoms with E-state index in [1.54, 1.807) is 24.5 Å². The smallest absolute Gasteiger partial charge is 0.261 e. The van der Waals surface area contributed by atoms with E-state index >= 15 is 0 Å². The molecule has 0 radical (unpaired) electrons. The Morgan fingerprint density at radius 1 is 1.32 bits per heavy atom. The quantitative estimate of drug-likeness (QED) is 0.782. The van der Waals surface area contributed by atoms with E-state index < -0.39 is 0 Å². The maximum atomic E-state index is 12.0. The molecule has 112 valence electrons. The average molecular weight is 314 g/mol. The molecule has 0 atom stereocenters. The number of aromatic nitrogens is 3. The summed E-state index contributed by atoms with van der Waals surface area (Å²) in [4.78, 5) is 21.0. The van der Waals surface area contributed by atoms with Gasteiger partial charge in [0, 0.05) is 30.9 Å². The molecule has 1 amide bonds. The average Bonchev–Trinajstić information content (AvgIpc) is 3.17. The lowest BCUT2D eigenvalue weighted by molar-refractivity contribution is 0.0957. The van der Waals surface area contributed by atoms with Crippen LogP contribution < -0.4 is 5.32 Å². The molecule has 0 aliphatic rings. The predicted octanol–water partition coefficient (Wildman–Crippen LogP) is 2.47. The van der Waals surface area contributed by atoms with Crippen LogP contribution in [0.3, 0.4) is 0 Å². The number of carbonyl (C=O) groups excluding carboxylic acids is 1. The minimum absolute atomic E-state index is 0.0645. The van der Waals surface area contributed by atoms with Crippen LogP contribution in [0.2, 0.25) is 0 Å². The fourth-order valence-electron chi connectivity index (χ4n) is 1.94. The summed E-state index contributed by atoms with van der Waals surface area (Å²) in [5.74, 6) is 0.957. The molecule has 0 aliphatic carbocycles. The van der Waals surface area contributed by atoms with Crippen molar-refractivity contribution in [1.29, 1.82) is 0 Å². The molecule has 3 aromatic rings. The van der Waals surface area contributed by atoms with Crippen LogP contribution >= 0.6 is 11.3 Å². The van der Waals surface area contributed by atoms with Crippen molar-refractivity contribution in [3.05, 3.63) is 52.2 Å². The van der Waals surface area contributed by atoms with Gasteiger partial charge in [0.25, 0.3) is 11.8 Å². The maximum Gasteiger partial charge on any atom is 0.261 e. The summed E-state index contributed by atoms with van der Waals surface area (Å²) >= 11 is 1.44. The van der Waals surface area contributed by atoms with Gasteiger partial charge >= 0.3 is 0 Å². The van der Waals surface area contributed by atoms with E-state index in [0.717, 1.165) is 16.0 Å². The number of hydrogen-bond donors (Lipinski definition) is 1. The first-order valence-corrected chi connectivity index (χ1v) is 7.67. The Morgan fingerprint density at radius 2 is 2.14 bits per heavy atom. The zero-order valence-corrected chi connectivity index (χ0v) is 12.8. The highest BCUT2D eigenvalue weighted by atomic mass is 32.1. The number of nitrogens with one attached hydrogen (secondary N) is 1. The monoisotopic (exact) mass is 314 g/mol. The van der Waals surface area contributed by atoms with Crippen molar-refractivity contribution in [1.82, 2.24) is 20.4 Å². The Balaban J connectivity index is 1.56. The van der Waals surface area contributed by atoms with Crippen LogP contribution in [-0.4, -0.2) is 27.6 Å². The number of pyridine rings is 1.